The first-order chi connectivity index (χ1) is 17.7. The zero-order valence-corrected chi connectivity index (χ0v) is 21.6. The first-order valence-electron chi connectivity index (χ1n) is 11.2. The number of sulfonamides is 1. The minimum atomic E-state index is -4.29. The van der Waals surface area contributed by atoms with Crippen LogP contribution in [0.2, 0.25) is 5.02 Å². The van der Waals surface area contributed by atoms with Crippen molar-refractivity contribution in [2.45, 2.75) is 11.8 Å². The molecule has 1 heterocycles. The van der Waals surface area contributed by atoms with Gasteiger partial charge < -0.3 is 0 Å². The van der Waals surface area contributed by atoms with Crippen molar-refractivity contribution in [1.29, 1.82) is 0 Å². The molecule has 0 aliphatic rings. The molecule has 0 unspecified atom stereocenters. The molecule has 1 N–H and O–H groups in total. The van der Waals surface area contributed by atoms with Crippen molar-refractivity contribution < 1.29 is 13.2 Å². The number of nitrogens with zero attached hydrogens (tertiary/aromatic N) is 4. The lowest BCUT2D eigenvalue weighted by molar-refractivity contribution is -0.119. The van der Waals surface area contributed by atoms with Crippen LogP contribution in [0.1, 0.15) is 11.3 Å². The van der Waals surface area contributed by atoms with Gasteiger partial charge in [-0.05, 0) is 37.3 Å². The van der Waals surface area contributed by atoms with Crippen molar-refractivity contribution in [3.63, 3.8) is 0 Å². The van der Waals surface area contributed by atoms with Crippen molar-refractivity contribution in [1.82, 2.24) is 14.8 Å². The molecule has 3 aromatic carbocycles. The summed E-state index contributed by atoms with van der Waals surface area (Å²) in [4.78, 5) is 26.4. The van der Waals surface area contributed by atoms with Crippen LogP contribution < -0.4 is 15.3 Å². The highest BCUT2D eigenvalue weighted by molar-refractivity contribution is 7.92. The van der Waals surface area contributed by atoms with Crippen molar-refractivity contribution in [2.75, 3.05) is 10.8 Å². The molecule has 4 aromatic rings. The number of rotatable bonds is 8. The van der Waals surface area contributed by atoms with E-state index >= 15 is 0 Å². The van der Waals surface area contributed by atoms with Gasteiger partial charge in [0, 0.05) is 17.6 Å². The van der Waals surface area contributed by atoms with Crippen LogP contribution in [0.25, 0.3) is 5.69 Å². The summed E-state index contributed by atoms with van der Waals surface area (Å²) < 4.78 is 31.1. The lowest BCUT2D eigenvalue weighted by atomic mass is 10.2. The quantitative estimate of drug-likeness (QED) is 0.274. The molecule has 1 aromatic heterocycles. The van der Waals surface area contributed by atoms with Gasteiger partial charge in [0.1, 0.15) is 12.2 Å². The molecule has 1 amide bonds. The Balaban J connectivity index is 1.75. The standard InChI is InChI=1S/C26H24ClN5O4S/c1-19-25(26(34)32(30(19)2)21-12-5-3-6-13-21)31(37(35,36)22-14-7-4-8-15-22)18-24(33)29-28-17-20-11-9-10-16-23(20)27/h3-17H,18H2,1-2H3,(H,29,33). The third kappa shape index (κ3) is 5.35. The van der Waals surface area contributed by atoms with E-state index in [1.54, 1.807) is 85.4 Å². The maximum Gasteiger partial charge on any atom is 0.296 e. The smallest absolute Gasteiger partial charge is 0.283 e. The molecule has 0 bridgehead atoms. The van der Waals surface area contributed by atoms with Gasteiger partial charge in [0.2, 0.25) is 0 Å². The average molecular weight is 538 g/mol. The van der Waals surface area contributed by atoms with Gasteiger partial charge in [-0.25, -0.2) is 22.8 Å². The number of anilines is 1. The Morgan fingerprint density at radius 2 is 1.59 bits per heavy atom. The molecule has 9 nitrogen and oxygen atoms in total. The average Bonchev–Trinajstić information content (AvgIpc) is 3.12. The lowest BCUT2D eigenvalue weighted by Crippen LogP contribution is -2.42. The Bertz CT molecular complexity index is 1610. The van der Waals surface area contributed by atoms with Crippen LogP contribution in [0.5, 0.6) is 0 Å². The zero-order chi connectivity index (χ0) is 26.6. The maximum absolute atomic E-state index is 13.7. The molecule has 0 saturated carbocycles. The topological polar surface area (TPSA) is 106 Å². The van der Waals surface area contributed by atoms with E-state index < -0.39 is 28.0 Å². The van der Waals surface area contributed by atoms with E-state index in [0.29, 0.717) is 22.0 Å². The van der Waals surface area contributed by atoms with Crippen LogP contribution in [0.4, 0.5) is 5.69 Å². The molecule has 11 heteroatoms. The molecule has 0 aliphatic carbocycles. The Morgan fingerprint density at radius 1 is 1.00 bits per heavy atom. The monoisotopic (exact) mass is 537 g/mol. The summed E-state index contributed by atoms with van der Waals surface area (Å²) in [6.45, 7) is 0.948. The lowest BCUT2D eigenvalue weighted by Gasteiger charge is -2.22. The van der Waals surface area contributed by atoms with Crippen LogP contribution in [-0.4, -0.2) is 36.4 Å². The molecular formula is C26H24ClN5O4S. The summed E-state index contributed by atoms with van der Waals surface area (Å²) in [5, 5.41) is 4.34. The molecule has 0 spiro atoms. The van der Waals surface area contributed by atoms with E-state index in [9.17, 15) is 18.0 Å². The Hall–Kier alpha value is -4.15. The Morgan fingerprint density at radius 3 is 2.24 bits per heavy atom. The minimum Gasteiger partial charge on any atom is -0.283 e. The van der Waals surface area contributed by atoms with E-state index in [1.807, 2.05) is 6.07 Å². The van der Waals surface area contributed by atoms with Gasteiger partial charge in [-0.3, -0.25) is 14.3 Å². The minimum absolute atomic E-state index is 0.0590. The molecule has 190 valence electrons. The van der Waals surface area contributed by atoms with Crippen LogP contribution in [0, 0.1) is 6.92 Å². The SMILES string of the molecule is Cc1c(N(CC(=O)NN=Cc2ccccc2Cl)S(=O)(=O)c2ccccc2)c(=O)n(-c2ccccc2)n1C. The number of aromatic nitrogens is 2. The van der Waals surface area contributed by atoms with Gasteiger partial charge in [0.15, 0.2) is 0 Å². The number of carbonyl (C=O) groups excluding carboxylic acids is 1. The number of para-hydroxylation sites is 1. The Kier molecular flexibility index (Phi) is 7.61. The normalized spacial score (nSPS) is 11.5. The largest absolute Gasteiger partial charge is 0.296 e. The summed E-state index contributed by atoms with van der Waals surface area (Å²) in [6.07, 6.45) is 1.35. The van der Waals surface area contributed by atoms with Gasteiger partial charge in [-0.2, -0.15) is 5.10 Å². The number of hydrazone groups is 1. The fourth-order valence-electron chi connectivity index (χ4n) is 3.76. The number of carbonyl (C=O) groups is 1. The summed E-state index contributed by atoms with van der Waals surface area (Å²) in [6, 6.07) is 23.4. The second kappa shape index (κ2) is 10.9. The fraction of sp³-hybridized carbons (Fsp3) is 0.115. The van der Waals surface area contributed by atoms with Crippen molar-refractivity contribution in [2.24, 2.45) is 12.1 Å². The zero-order valence-electron chi connectivity index (χ0n) is 20.1. The first kappa shape index (κ1) is 25.9. The third-order valence-electron chi connectivity index (χ3n) is 5.69. The van der Waals surface area contributed by atoms with Crippen LogP contribution in [0.3, 0.4) is 0 Å². The van der Waals surface area contributed by atoms with Crippen molar-refractivity contribution in [3.8, 4) is 5.69 Å². The van der Waals surface area contributed by atoms with E-state index in [2.05, 4.69) is 10.5 Å². The highest BCUT2D eigenvalue weighted by atomic mass is 35.5. The molecule has 0 atom stereocenters. The molecule has 0 saturated heterocycles. The van der Waals surface area contributed by atoms with E-state index in [4.69, 9.17) is 11.6 Å². The number of amides is 1. The van der Waals surface area contributed by atoms with E-state index in [1.165, 1.54) is 23.0 Å². The van der Waals surface area contributed by atoms with Gasteiger partial charge >= 0.3 is 0 Å². The predicted molar refractivity (Wildman–Crippen MR) is 144 cm³/mol. The molecule has 37 heavy (non-hydrogen) atoms. The summed E-state index contributed by atoms with van der Waals surface area (Å²) in [5.74, 6) is -0.739. The number of hydrogen-bond donors (Lipinski definition) is 1. The highest BCUT2D eigenvalue weighted by Gasteiger charge is 2.33. The van der Waals surface area contributed by atoms with Crippen LogP contribution in [0.15, 0.2) is 99.7 Å². The van der Waals surface area contributed by atoms with Crippen LogP contribution >= 0.6 is 11.6 Å². The molecule has 0 aliphatic heterocycles. The van der Waals surface area contributed by atoms with Crippen molar-refractivity contribution in [3.05, 3.63) is 112 Å². The Labute approximate surface area is 219 Å². The summed E-state index contributed by atoms with van der Waals surface area (Å²) >= 11 is 6.10. The highest BCUT2D eigenvalue weighted by Crippen LogP contribution is 2.25. The number of hydrogen-bond acceptors (Lipinski definition) is 5. The third-order valence-corrected chi connectivity index (χ3v) is 7.79. The molecule has 0 fully saturated rings. The molecule has 4 rings (SSSR count). The van der Waals surface area contributed by atoms with Gasteiger partial charge in [0.25, 0.3) is 21.5 Å². The van der Waals surface area contributed by atoms with Gasteiger partial charge in [-0.1, -0.05) is 66.2 Å². The predicted octanol–water partition coefficient (Wildman–Crippen LogP) is 3.48. The van der Waals surface area contributed by atoms with Crippen molar-refractivity contribution >= 4 is 39.4 Å². The maximum atomic E-state index is 13.7. The summed E-state index contributed by atoms with van der Waals surface area (Å²) in [5.41, 5.74) is 3.09. The van der Waals surface area contributed by atoms with E-state index in [-0.39, 0.29) is 10.6 Å². The second-order valence-corrected chi connectivity index (χ2v) is 10.3. The second-order valence-electron chi connectivity index (χ2n) is 8.05. The first-order valence-corrected chi connectivity index (χ1v) is 13.0. The number of halogens is 1. The molecule has 0 radical (unpaired) electrons. The van der Waals surface area contributed by atoms with E-state index in [0.717, 1.165) is 4.31 Å². The van der Waals surface area contributed by atoms with Gasteiger partial charge in [-0.15, -0.1) is 0 Å². The fourth-order valence-corrected chi connectivity index (χ4v) is 5.44. The number of nitrogens with one attached hydrogen (secondary N) is 1. The number of benzene rings is 3. The van der Waals surface area contributed by atoms with Crippen LogP contribution in [-0.2, 0) is 21.9 Å². The van der Waals surface area contributed by atoms with Gasteiger partial charge in [0.05, 0.1) is 22.5 Å². The molecular weight excluding hydrogens is 514 g/mol. The summed E-state index contributed by atoms with van der Waals surface area (Å²) in [7, 11) is -2.64.